The van der Waals surface area contributed by atoms with Crippen molar-refractivity contribution >= 4 is 17.5 Å². The van der Waals surface area contributed by atoms with Crippen LogP contribution in [0.2, 0.25) is 0 Å². The molecule has 2 saturated heterocycles. The molecule has 0 radical (unpaired) electrons. The number of rotatable bonds is 2. The van der Waals surface area contributed by atoms with Gasteiger partial charge in [0.15, 0.2) is 0 Å². The van der Waals surface area contributed by atoms with Crippen LogP contribution in [0.3, 0.4) is 0 Å². The summed E-state index contributed by atoms with van der Waals surface area (Å²) in [6.45, 7) is 1.67. The van der Waals surface area contributed by atoms with E-state index < -0.39 is 5.54 Å². The van der Waals surface area contributed by atoms with Crippen molar-refractivity contribution in [2.24, 2.45) is 0 Å². The molecule has 1 aliphatic carbocycles. The molecular formula is C29H29N3O2. The summed E-state index contributed by atoms with van der Waals surface area (Å²) in [5, 5.41) is 3.05. The predicted molar refractivity (Wildman–Crippen MR) is 133 cm³/mol. The Kier molecular flexibility index (Phi) is 5.13. The third kappa shape index (κ3) is 3.30. The number of aryl methyl sites for hydroxylation is 2. The summed E-state index contributed by atoms with van der Waals surface area (Å²) in [6.07, 6.45) is 3.17. The Bertz CT molecular complexity index is 1180. The van der Waals surface area contributed by atoms with Crippen molar-refractivity contribution in [2.45, 2.75) is 37.1 Å². The van der Waals surface area contributed by atoms with Gasteiger partial charge in [-0.3, -0.25) is 9.59 Å². The maximum Gasteiger partial charge on any atom is 0.247 e. The first-order valence-electron chi connectivity index (χ1n) is 12.2. The van der Waals surface area contributed by atoms with Crippen LogP contribution >= 0.6 is 0 Å². The van der Waals surface area contributed by atoms with E-state index in [2.05, 4.69) is 58.7 Å². The highest BCUT2D eigenvalue weighted by molar-refractivity contribution is 5.94. The van der Waals surface area contributed by atoms with Gasteiger partial charge in [-0.25, -0.2) is 0 Å². The molecule has 172 valence electrons. The minimum Gasteiger partial charge on any atom is -0.342 e. The van der Waals surface area contributed by atoms with Crippen molar-refractivity contribution in [3.8, 4) is 0 Å². The van der Waals surface area contributed by atoms with Crippen LogP contribution in [0.15, 0.2) is 78.9 Å². The Labute approximate surface area is 200 Å². The normalized spacial score (nSPS) is 19.4. The highest BCUT2D eigenvalue weighted by Gasteiger charge is 2.51. The zero-order valence-corrected chi connectivity index (χ0v) is 19.2. The van der Waals surface area contributed by atoms with Crippen LogP contribution in [0.4, 0.5) is 5.69 Å². The minimum absolute atomic E-state index is 0.0774. The number of carbonyl (C=O) groups excluding carboxylic acids is 2. The molecule has 3 aromatic carbocycles. The molecular weight excluding hydrogens is 422 g/mol. The Hall–Kier alpha value is -3.60. The molecule has 2 amide bonds. The minimum atomic E-state index is -0.586. The van der Waals surface area contributed by atoms with E-state index >= 15 is 0 Å². The van der Waals surface area contributed by atoms with Gasteiger partial charge in [-0.05, 0) is 60.1 Å². The summed E-state index contributed by atoms with van der Waals surface area (Å²) in [6, 6.07) is 26.9. The Morgan fingerprint density at radius 1 is 0.794 bits per heavy atom. The first-order chi connectivity index (χ1) is 16.7. The van der Waals surface area contributed by atoms with Crippen molar-refractivity contribution in [3.63, 3.8) is 0 Å². The van der Waals surface area contributed by atoms with Crippen LogP contribution in [0.5, 0.6) is 0 Å². The standard InChI is InChI=1S/C29H29N3O2/c33-27(26-24-12-6-4-8-21(24)14-15-22-9-5-7-13-25(22)26)31-18-16-29(17-19-31)28(34)30-20-32(29)23-10-2-1-3-11-23/h1-13,26H,14-20H2,(H,30,34). The molecule has 2 heterocycles. The maximum atomic E-state index is 14.1. The quantitative estimate of drug-likeness (QED) is 0.644. The molecule has 0 aromatic heterocycles. The second-order valence-corrected chi connectivity index (χ2v) is 9.62. The fourth-order valence-electron chi connectivity index (χ4n) is 6.10. The zero-order chi connectivity index (χ0) is 23.1. The van der Waals surface area contributed by atoms with E-state index in [0.29, 0.717) is 32.6 Å². The average Bonchev–Trinajstić information content (AvgIpc) is 3.09. The van der Waals surface area contributed by atoms with Crippen molar-refractivity contribution < 1.29 is 9.59 Å². The highest BCUT2D eigenvalue weighted by Crippen LogP contribution is 2.39. The SMILES string of the molecule is O=C(C1c2ccccc2CCc2ccccc21)N1CCC2(CC1)C(=O)NCN2c1ccccc1. The van der Waals surface area contributed by atoms with E-state index in [1.54, 1.807) is 0 Å². The Balaban J connectivity index is 1.30. The predicted octanol–water partition coefficient (Wildman–Crippen LogP) is 3.87. The van der Waals surface area contributed by atoms with Gasteiger partial charge in [0.25, 0.3) is 0 Å². The molecule has 0 saturated carbocycles. The van der Waals surface area contributed by atoms with Crippen LogP contribution in [-0.4, -0.2) is 42.0 Å². The first kappa shape index (κ1) is 21.0. The highest BCUT2D eigenvalue weighted by atomic mass is 16.2. The van der Waals surface area contributed by atoms with Gasteiger partial charge < -0.3 is 15.1 Å². The van der Waals surface area contributed by atoms with E-state index in [1.165, 1.54) is 11.1 Å². The molecule has 5 nitrogen and oxygen atoms in total. The number of amides is 2. The number of hydrogen-bond acceptors (Lipinski definition) is 3. The van der Waals surface area contributed by atoms with Gasteiger partial charge >= 0.3 is 0 Å². The van der Waals surface area contributed by atoms with Gasteiger partial charge in [0.1, 0.15) is 5.54 Å². The van der Waals surface area contributed by atoms with Gasteiger partial charge in [0.2, 0.25) is 11.8 Å². The van der Waals surface area contributed by atoms with Gasteiger partial charge in [-0.1, -0.05) is 66.7 Å². The Morgan fingerprint density at radius 3 is 1.97 bits per heavy atom. The summed E-state index contributed by atoms with van der Waals surface area (Å²) in [4.78, 5) is 31.3. The van der Waals surface area contributed by atoms with Gasteiger partial charge in [-0.2, -0.15) is 0 Å². The lowest BCUT2D eigenvalue weighted by Gasteiger charge is -2.44. The maximum absolute atomic E-state index is 14.1. The molecule has 0 atom stereocenters. The van der Waals surface area contributed by atoms with Crippen LogP contribution in [-0.2, 0) is 22.4 Å². The third-order valence-corrected chi connectivity index (χ3v) is 7.95. The average molecular weight is 452 g/mol. The summed E-state index contributed by atoms with van der Waals surface area (Å²) >= 11 is 0. The second kappa shape index (κ2) is 8.32. The number of nitrogens with zero attached hydrogens (tertiary/aromatic N) is 2. The van der Waals surface area contributed by atoms with E-state index in [-0.39, 0.29) is 17.7 Å². The molecule has 0 bridgehead atoms. The molecule has 34 heavy (non-hydrogen) atoms. The molecule has 0 unspecified atom stereocenters. The molecule has 1 spiro atoms. The molecule has 1 N–H and O–H groups in total. The topological polar surface area (TPSA) is 52.7 Å². The van der Waals surface area contributed by atoms with Crippen molar-refractivity contribution in [2.75, 3.05) is 24.7 Å². The van der Waals surface area contributed by atoms with E-state index in [4.69, 9.17) is 0 Å². The van der Waals surface area contributed by atoms with Crippen molar-refractivity contribution in [1.29, 1.82) is 0 Å². The lowest BCUT2D eigenvalue weighted by Crippen LogP contribution is -2.57. The summed E-state index contributed by atoms with van der Waals surface area (Å²) in [7, 11) is 0. The van der Waals surface area contributed by atoms with E-state index in [1.807, 2.05) is 35.2 Å². The number of anilines is 1. The number of nitrogens with one attached hydrogen (secondary N) is 1. The molecule has 2 aliphatic heterocycles. The number of fused-ring (bicyclic) bond motifs is 2. The fourth-order valence-corrected chi connectivity index (χ4v) is 6.10. The fraction of sp³-hybridized carbons (Fsp3) is 0.310. The summed E-state index contributed by atoms with van der Waals surface area (Å²) in [5.74, 6) is -0.0542. The summed E-state index contributed by atoms with van der Waals surface area (Å²) < 4.78 is 0. The lowest BCUT2D eigenvalue weighted by atomic mass is 9.83. The van der Waals surface area contributed by atoms with Crippen molar-refractivity contribution in [1.82, 2.24) is 10.2 Å². The van der Waals surface area contributed by atoms with Gasteiger partial charge in [0, 0.05) is 18.8 Å². The van der Waals surface area contributed by atoms with Gasteiger partial charge in [-0.15, -0.1) is 0 Å². The number of benzene rings is 3. The van der Waals surface area contributed by atoms with Gasteiger partial charge in [0.05, 0.1) is 12.6 Å². The smallest absolute Gasteiger partial charge is 0.247 e. The lowest BCUT2D eigenvalue weighted by molar-refractivity contribution is -0.136. The second-order valence-electron chi connectivity index (χ2n) is 9.62. The Morgan fingerprint density at radius 2 is 1.35 bits per heavy atom. The van der Waals surface area contributed by atoms with Crippen LogP contribution in [0.1, 0.15) is 41.0 Å². The molecule has 3 aromatic rings. The van der Waals surface area contributed by atoms with E-state index in [0.717, 1.165) is 29.7 Å². The van der Waals surface area contributed by atoms with E-state index in [9.17, 15) is 9.59 Å². The number of hydrogen-bond donors (Lipinski definition) is 1. The molecule has 3 aliphatic rings. The first-order valence-corrected chi connectivity index (χ1v) is 12.2. The van der Waals surface area contributed by atoms with Crippen LogP contribution in [0, 0.1) is 0 Å². The molecule has 2 fully saturated rings. The number of likely N-dealkylation sites (tertiary alicyclic amines) is 1. The zero-order valence-electron chi connectivity index (χ0n) is 19.2. The summed E-state index contributed by atoms with van der Waals surface area (Å²) in [5.41, 5.74) is 5.24. The van der Waals surface area contributed by atoms with Crippen LogP contribution in [0.25, 0.3) is 0 Å². The third-order valence-electron chi connectivity index (χ3n) is 7.95. The molecule has 6 rings (SSSR count). The monoisotopic (exact) mass is 451 g/mol. The number of para-hydroxylation sites is 1. The van der Waals surface area contributed by atoms with Crippen molar-refractivity contribution in [3.05, 3.63) is 101 Å². The number of piperidine rings is 1. The largest absolute Gasteiger partial charge is 0.342 e. The molecule has 5 heteroatoms. The van der Waals surface area contributed by atoms with Crippen LogP contribution < -0.4 is 10.2 Å². The number of carbonyl (C=O) groups is 2.